The van der Waals surface area contributed by atoms with Gasteiger partial charge in [0.05, 0.1) is 6.54 Å². The van der Waals surface area contributed by atoms with Crippen LogP contribution >= 0.6 is 0 Å². The predicted octanol–water partition coefficient (Wildman–Crippen LogP) is 1.86. The van der Waals surface area contributed by atoms with Crippen molar-refractivity contribution in [1.29, 1.82) is 0 Å². The molecule has 0 spiro atoms. The Morgan fingerprint density at radius 1 is 1.15 bits per heavy atom. The van der Waals surface area contributed by atoms with Crippen LogP contribution in [0.15, 0.2) is 36.5 Å². The van der Waals surface area contributed by atoms with Crippen LogP contribution in [0.4, 0.5) is 5.82 Å². The number of piperazine rings is 1. The SMILES string of the molecule is CC(=O)c1ccc(N2CCN(Cc3ccc4c(c3)OCO4)C(=O)C2)nc1. The lowest BCUT2D eigenvalue weighted by molar-refractivity contribution is -0.131. The predicted molar refractivity (Wildman–Crippen MR) is 94.4 cm³/mol. The summed E-state index contributed by atoms with van der Waals surface area (Å²) in [5.41, 5.74) is 1.58. The van der Waals surface area contributed by atoms with Crippen molar-refractivity contribution in [3.8, 4) is 11.5 Å². The molecule has 1 aromatic heterocycles. The van der Waals surface area contributed by atoms with E-state index in [-0.39, 0.29) is 25.0 Å². The highest BCUT2D eigenvalue weighted by Gasteiger charge is 2.25. The molecule has 0 aliphatic carbocycles. The Labute approximate surface area is 151 Å². The average Bonchev–Trinajstić information content (AvgIpc) is 3.11. The monoisotopic (exact) mass is 353 g/mol. The van der Waals surface area contributed by atoms with Crippen LogP contribution in [0.3, 0.4) is 0 Å². The molecule has 1 aromatic carbocycles. The average molecular weight is 353 g/mol. The number of amides is 1. The first-order valence-electron chi connectivity index (χ1n) is 8.48. The zero-order chi connectivity index (χ0) is 18.1. The number of fused-ring (bicyclic) bond motifs is 1. The van der Waals surface area contributed by atoms with Crippen molar-refractivity contribution in [3.05, 3.63) is 47.7 Å². The number of carbonyl (C=O) groups is 2. The first-order valence-corrected chi connectivity index (χ1v) is 8.48. The highest BCUT2D eigenvalue weighted by molar-refractivity contribution is 5.94. The standard InChI is InChI=1S/C19H19N3O4/c1-13(23)15-3-5-18(20-9-15)21-6-7-22(19(24)11-21)10-14-2-4-16-17(8-14)26-12-25-16/h2-5,8-9H,6-7,10-12H2,1H3. The van der Waals surface area contributed by atoms with Gasteiger partial charge in [-0.2, -0.15) is 0 Å². The Hall–Kier alpha value is -3.09. The first-order chi connectivity index (χ1) is 12.6. The molecule has 1 fully saturated rings. The molecular weight excluding hydrogens is 334 g/mol. The molecule has 3 heterocycles. The second-order valence-electron chi connectivity index (χ2n) is 6.39. The summed E-state index contributed by atoms with van der Waals surface area (Å²) in [4.78, 5) is 32.0. The third kappa shape index (κ3) is 3.20. The summed E-state index contributed by atoms with van der Waals surface area (Å²) in [6.45, 7) is 3.88. The molecule has 1 saturated heterocycles. The van der Waals surface area contributed by atoms with Crippen LogP contribution in [0.2, 0.25) is 0 Å². The molecule has 0 atom stereocenters. The molecule has 0 unspecified atom stereocenters. The normalized spacial score (nSPS) is 16.1. The molecule has 26 heavy (non-hydrogen) atoms. The van der Waals surface area contributed by atoms with Gasteiger partial charge in [0.2, 0.25) is 12.7 Å². The Morgan fingerprint density at radius 3 is 2.73 bits per heavy atom. The first kappa shape index (κ1) is 16.4. The third-order valence-corrected chi connectivity index (χ3v) is 4.61. The molecule has 0 saturated carbocycles. The maximum absolute atomic E-state index is 12.5. The molecule has 1 amide bonds. The number of hydrogen-bond acceptors (Lipinski definition) is 6. The van der Waals surface area contributed by atoms with E-state index in [0.717, 1.165) is 17.1 Å². The zero-order valence-electron chi connectivity index (χ0n) is 14.5. The van der Waals surface area contributed by atoms with E-state index in [4.69, 9.17) is 9.47 Å². The summed E-state index contributed by atoms with van der Waals surface area (Å²) in [5, 5.41) is 0. The lowest BCUT2D eigenvalue weighted by Gasteiger charge is -2.35. The second kappa shape index (κ2) is 6.67. The summed E-state index contributed by atoms with van der Waals surface area (Å²) in [6.07, 6.45) is 1.56. The van der Waals surface area contributed by atoms with Gasteiger partial charge in [0.1, 0.15) is 5.82 Å². The van der Waals surface area contributed by atoms with Gasteiger partial charge in [-0.15, -0.1) is 0 Å². The number of benzene rings is 1. The number of anilines is 1. The number of carbonyl (C=O) groups excluding carboxylic acids is 2. The number of hydrogen-bond donors (Lipinski definition) is 0. The summed E-state index contributed by atoms with van der Waals surface area (Å²) in [6, 6.07) is 9.28. The molecule has 2 aromatic rings. The lowest BCUT2D eigenvalue weighted by atomic mass is 10.1. The van der Waals surface area contributed by atoms with E-state index < -0.39 is 0 Å². The Morgan fingerprint density at radius 2 is 2.00 bits per heavy atom. The number of nitrogens with zero attached hydrogens (tertiary/aromatic N) is 3. The van der Waals surface area contributed by atoms with Gasteiger partial charge in [-0.25, -0.2) is 4.98 Å². The van der Waals surface area contributed by atoms with Gasteiger partial charge in [-0.05, 0) is 36.8 Å². The molecule has 0 bridgehead atoms. The van der Waals surface area contributed by atoms with Crippen LogP contribution in [0.1, 0.15) is 22.8 Å². The molecular formula is C19H19N3O4. The number of Topliss-reactive ketones (excluding diaryl/α,β-unsaturated/α-hetero) is 1. The minimum Gasteiger partial charge on any atom is -0.454 e. The lowest BCUT2D eigenvalue weighted by Crippen LogP contribution is -2.50. The summed E-state index contributed by atoms with van der Waals surface area (Å²) < 4.78 is 10.7. The van der Waals surface area contributed by atoms with Crippen LogP contribution in [0.5, 0.6) is 11.5 Å². The van der Waals surface area contributed by atoms with Crippen LogP contribution in [0.25, 0.3) is 0 Å². The summed E-state index contributed by atoms with van der Waals surface area (Å²) in [7, 11) is 0. The largest absolute Gasteiger partial charge is 0.454 e. The van der Waals surface area contributed by atoms with Crippen molar-refractivity contribution in [1.82, 2.24) is 9.88 Å². The summed E-state index contributed by atoms with van der Waals surface area (Å²) >= 11 is 0. The number of pyridine rings is 1. The summed E-state index contributed by atoms with van der Waals surface area (Å²) in [5.74, 6) is 2.21. The van der Waals surface area contributed by atoms with E-state index >= 15 is 0 Å². The Bertz CT molecular complexity index is 850. The van der Waals surface area contributed by atoms with Crippen LogP contribution in [-0.4, -0.2) is 48.0 Å². The maximum Gasteiger partial charge on any atom is 0.242 e. The van der Waals surface area contributed by atoms with Crippen LogP contribution in [-0.2, 0) is 11.3 Å². The fourth-order valence-electron chi connectivity index (χ4n) is 3.11. The van der Waals surface area contributed by atoms with E-state index in [9.17, 15) is 9.59 Å². The molecule has 4 rings (SSSR count). The zero-order valence-corrected chi connectivity index (χ0v) is 14.5. The van der Waals surface area contributed by atoms with Crippen LogP contribution in [0, 0.1) is 0 Å². The van der Waals surface area contributed by atoms with Crippen molar-refractivity contribution in [2.24, 2.45) is 0 Å². The molecule has 0 radical (unpaired) electrons. The van der Waals surface area contributed by atoms with E-state index in [1.54, 1.807) is 18.3 Å². The Balaban J connectivity index is 1.40. The minimum atomic E-state index is -0.0197. The van der Waals surface area contributed by atoms with Crippen molar-refractivity contribution in [3.63, 3.8) is 0 Å². The maximum atomic E-state index is 12.5. The van der Waals surface area contributed by atoms with Gasteiger partial charge >= 0.3 is 0 Å². The van der Waals surface area contributed by atoms with E-state index in [0.29, 0.717) is 31.0 Å². The fraction of sp³-hybridized carbons (Fsp3) is 0.316. The van der Waals surface area contributed by atoms with Crippen molar-refractivity contribution in [2.75, 3.05) is 31.3 Å². The molecule has 7 heteroatoms. The van der Waals surface area contributed by atoms with Crippen molar-refractivity contribution < 1.29 is 19.1 Å². The minimum absolute atomic E-state index is 0.0197. The number of rotatable bonds is 4. The third-order valence-electron chi connectivity index (χ3n) is 4.61. The Kier molecular flexibility index (Phi) is 4.20. The van der Waals surface area contributed by atoms with Gasteiger partial charge in [-0.3, -0.25) is 9.59 Å². The quantitative estimate of drug-likeness (QED) is 0.782. The second-order valence-corrected chi connectivity index (χ2v) is 6.39. The topological polar surface area (TPSA) is 72.0 Å². The van der Waals surface area contributed by atoms with Gasteiger partial charge < -0.3 is 19.3 Å². The smallest absolute Gasteiger partial charge is 0.242 e. The number of aromatic nitrogens is 1. The highest BCUT2D eigenvalue weighted by Crippen LogP contribution is 2.33. The van der Waals surface area contributed by atoms with Gasteiger partial charge in [0, 0.05) is 31.4 Å². The van der Waals surface area contributed by atoms with Crippen molar-refractivity contribution >= 4 is 17.5 Å². The molecule has 2 aliphatic rings. The number of ketones is 1. The van der Waals surface area contributed by atoms with Gasteiger partial charge in [0.15, 0.2) is 17.3 Å². The van der Waals surface area contributed by atoms with Gasteiger partial charge in [0.25, 0.3) is 0 Å². The highest BCUT2D eigenvalue weighted by atomic mass is 16.7. The van der Waals surface area contributed by atoms with E-state index in [1.165, 1.54) is 6.92 Å². The van der Waals surface area contributed by atoms with Crippen LogP contribution < -0.4 is 14.4 Å². The molecule has 7 nitrogen and oxygen atoms in total. The van der Waals surface area contributed by atoms with E-state index in [1.807, 2.05) is 28.0 Å². The van der Waals surface area contributed by atoms with Crippen molar-refractivity contribution in [2.45, 2.75) is 13.5 Å². The molecule has 2 aliphatic heterocycles. The van der Waals surface area contributed by atoms with Gasteiger partial charge in [-0.1, -0.05) is 6.07 Å². The number of ether oxygens (including phenoxy) is 2. The molecule has 134 valence electrons. The fourth-order valence-corrected chi connectivity index (χ4v) is 3.11. The molecule has 0 N–H and O–H groups in total. The van der Waals surface area contributed by atoms with E-state index in [2.05, 4.69) is 4.98 Å².